The summed E-state index contributed by atoms with van der Waals surface area (Å²) in [6.07, 6.45) is 1.22. The van der Waals surface area contributed by atoms with Crippen LogP contribution in [0.4, 0.5) is 0 Å². The van der Waals surface area contributed by atoms with Gasteiger partial charge in [-0.15, -0.1) is 0 Å². The van der Waals surface area contributed by atoms with Gasteiger partial charge in [0.1, 0.15) is 5.60 Å². The Labute approximate surface area is 48.8 Å². The van der Waals surface area contributed by atoms with Crippen molar-refractivity contribution in [2.24, 2.45) is 0 Å². The lowest BCUT2D eigenvalue weighted by atomic mass is 10.0. The van der Waals surface area contributed by atoms with E-state index in [0.29, 0.717) is 0 Å². The van der Waals surface area contributed by atoms with E-state index in [9.17, 15) is 4.79 Å². The van der Waals surface area contributed by atoms with Gasteiger partial charge in [0.25, 0.3) is 0 Å². The van der Waals surface area contributed by atoms with E-state index in [1.54, 1.807) is 0 Å². The summed E-state index contributed by atoms with van der Waals surface area (Å²) in [6, 6.07) is 0. The highest BCUT2D eigenvalue weighted by atomic mass is 16.3. The molecular weight excluding hydrogens is 104 g/mol. The number of carbonyl (C=O) groups excluding carboxylic acids is 1. The Morgan fingerprint density at radius 1 is 1.88 bits per heavy atom. The van der Waals surface area contributed by atoms with Crippen molar-refractivity contribution in [1.29, 1.82) is 0 Å². The van der Waals surface area contributed by atoms with Gasteiger partial charge in [-0.2, -0.15) is 0 Å². The minimum Gasteiger partial charge on any atom is -0.378 e. The van der Waals surface area contributed by atoms with E-state index in [1.807, 2.05) is 0 Å². The third-order valence-corrected chi connectivity index (χ3v) is 1.11. The predicted molar refractivity (Wildman–Crippen MR) is 31.5 cm³/mol. The molecule has 8 heavy (non-hydrogen) atoms. The first-order chi connectivity index (χ1) is 3.50. The lowest BCUT2D eigenvalue weighted by molar-refractivity contribution is -0.129. The maximum atomic E-state index is 10.4. The van der Waals surface area contributed by atoms with Crippen molar-refractivity contribution in [2.45, 2.75) is 19.4 Å². The van der Waals surface area contributed by atoms with Gasteiger partial charge >= 0.3 is 0 Å². The molecule has 0 aromatic heterocycles. The Balaban J connectivity index is 4.12. The van der Waals surface area contributed by atoms with Crippen molar-refractivity contribution in [2.75, 3.05) is 0 Å². The molecule has 0 aromatic rings. The van der Waals surface area contributed by atoms with Crippen LogP contribution in [-0.2, 0) is 4.79 Å². The van der Waals surface area contributed by atoms with Crippen molar-refractivity contribution >= 4 is 5.78 Å². The molecule has 0 aliphatic heterocycles. The van der Waals surface area contributed by atoms with Crippen LogP contribution in [0.2, 0.25) is 0 Å². The highest BCUT2D eigenvalue weighted by molar-refractivity contribution is 5.86. The molecule has 2 nitrogen and oxygen atoms in total. The summed E-state index contributed by atoms with van der Waals surface area (Å²) < 4.78 is 0. The Kier molecular flexibility index (Phi) is 1.93. The first-order valence-electron chi connectivity index (χ1n) is 2.37. The van der Waals surface area contributed by atoms with E-state index in [4.69, 9.17) is 5.11 Å². The van der Waals surface area contributed by atoms with E-state index in [0.717, 1.165) is 0 Å². The maximum absolute atomic E-state index is 10.4. The van der Waals surface area contributed by atoms with E-state index >= 15 is 0 Å². The summed E-state index contributed by atoms with van der Waals surface area (Å²) in [5, 5.41) is 8.93. The molecule has 0 spiro atoms. The number of hydrogen-bond donors (Lipinski definition) is 1. The van der Waals surface area contributed by atoms with Crippen molar-refractivity contribution in [3.05, 3.63) is 12.7 Å². The molecule has 2 heteroatoms. The van der Waals surface area contributed by atoms with Gasteiger partial charge < -0.3 is 5.11 Å². The van der Waals surface area contributed by atoms with Crippen LogP contribution in [0.1, 0.15) is 13.8 Å². The molecule has 0 heterocycles. The summed E-state index contributed by atoms with van der Waals surface area (Å²) in [6.45, 7) is 6.01. The van der Waals surface area contributed by atoms with E-state index < -0.39 is 5.60 Å². The third-order valence-electron chi connectivity index (χ3n) is 1.11. The van der Waals surface area contributed by atoms with Crippen LogP contribution in [0, 0.1) is 0 Å². The molecule has 0 saturated carbocycles. The molecule has 0 aliphatic rings. The monoisotopic (exact) mass is 114 g/mol. The predicted octanol–water partition coefficient (Wildman–Crippen LogP) is 0.512. The molecule has 0 aromatic carbocycles. The first-order valence-corrected chi connectivity index (χ1v) is 2.37. The van der Waals surface area contributed by atoms with Crippen LogP contribution in [0.5, 0.6) is 0 Å². The first kappa shape index (κ1) is 7.37. The highest BCUT2D eigenvalue weighted by Crippen LogP contribution is 2.03. The fourth-order valence-electron chi connectivity index (χ4n) is 0.144. The summed E-state index contributed by atoms with van der Waals surface area (Å²) in [7, 11) is 0. The Morgan fingerprint density at radius 3 is 2.25 bits per heavy atom. The molecular formula is C6H10O2. The van der Waals surface area contributed by atoms with E-state index in [-0.39, 0.29) is 5.78 Å². The number of hydrogen-bond acceptors (Lipinski definition) is 2. The van der Waals surface area contributed by atoms with Crippen LogP contribution >= 0.6 is 0 Å². The van der Waals surface area contributed by atoms with Crippen LogP contribution < -0.4 is 0 Å². The topological polar surface area (TPSA) is 37.3 Å². The standard InChI is InChI=1S/C6H10O2/c1-4-6(3,8)5(2)7/h4,8H,1H2,2-3H3. The van der Waals surface area contributed by atoms with Crippen molar-refractivity contribution in [3.63, 3.8) is 0 Å². The zero-order valence-electron chi connectivity index (χ0n) is 5.14. The number of ketones is 1. The second kappa shape index (κ2) is 2.09. The van der Waals surface area contributed by atoms with Gasteiger partial charge in [0.2, 0.25) is 0 Å². The molecule has 1 unspecified atom stereocenters. The molecule has 0 aliphatic carbocycles. The van der Waals surface area contributed by atoms with Gasteiger partial charge in [0.05, 0.1) is 0 Å². The fourth-order valence-corrected chi connectivity index (χ4v) is 0.144. The number of Topliss-reactive ketones (excluding diaryl/α,β-unsaturated/α-hetero) is 1. The smallest absolute Gasteiger partial charge is 0.164 e. The molecule has 1 atom stereocenters. The number of carbonyl (C=O) groups is 1. The van der Waals surface area contributed by atoms with Crippen molar-refractivity contribution in [3.8, 4) is 0 Å². The van der Waals surface area contributed by atoms with Gasteiger partial charge in [-0.1, -0.05) is 12.7 Å². The lowest BCUT2D eigenvalue weighted by Gasteiger charge is -2.12. The Hall–Kier alpha value is -0.630. The van der Waals surface area contributed by atoms with Gasteiger partial charge in [-0.25, -0.2) is 0 Å². The second-order valence-electron chi connectivity index (χ2n) is 1.91. The number of aliphatic hydroxyl groups is 1. The van der Waals surface area contributed by atoms with Gasteiger partial charge in [-0.05, 0) is 13.8 Å². The molecule has 0 saturated heterocycles. The van der Waals surface area contributed by atoms with Gasteiger partial charge in [0.15, 0.2) is 5.78 Å². The Bertz CT molecular complexity index is 114. The Morgan fingerprint density at radius 2 is 2.25 bits per heavy atom. The van der Waals surface area contributed by atoms with Crippen LogP contribution in [0.15, 0.2) is 12.7 Å². The lowest BCUT2D eigenvalue weighted by Crippen LogP contribution is -2.29. The zero-order chi connectivity index (χ0) is 6.78. The average molecular weight is 114 g/mol. The summed E-state index contributed by atoms with van der Waals surface area (Å²) in [5.41, 5.74) is -1.33. The SMILES string of the molecule is C=CC(C)(O)C(C)=O. The van der Waals surface area contributed by atoms with Gasteiger partial charge in [-0.3, -0.25) is 4.79 Å². The average Bonchev–Trinajstić information content (AvgIpc) is 1.67. The largest absolute Gasteiger partial charge is 0.378 e. The van der Waals surface area contributed by atoms with Crippen molar-refractivity contribution < 1.29 is 9.90 Å². The van der Waals surface area contributed by atoms with Crippen LogP contribution in [-0.4, -0.2) is 16.5 Å². The fraction of sp³-hybridized carbons (Fsp3) is 0.500. The quantitative estimate of drug-likeness (QED) is 0.531. The second-order valence-corrected chi connectivity index (χ2v) is 1.91. The summed E-state index contributed by atoms with van der Waals surface area (Å²) in [4.78, 5) is 10.4. The van der Waals surface area contributed by atoms with E-state index in [2.05, 4.69) is 6.58 Å². The van der Waals surface area contributed by atoms with Crippen LogP contribution in [0.3, 0.4) is 0 Å². The molecule has 0 rings (SSSR count). The van der Waals surface area contributed by atoms with E-state index in [1.165, 1.54) is 19.9 Å². The molecule has 0 bridgehead atoms. The minimum absolute atomic E-state index is 0.285. The molecule has 1 N–H and O–H groups in total. The van der Waals surface area contributed by atoms with Gasteiger partial charge in [0, 0.05) is 0 Å². The molecule has 46 valence electrons. The van der Waals surface area contributed by atoms with Crippen molar-refractivity contribution in [1.82, 2.24) is 0 Å². The number of rotatable bonds is 2. The normalized spacial score (nSPS) is 16.9. The molecule has 0 radical (unpaired) electrons. The third kappa shape index (κ3) is 1.46. The molecule has 0 fully saturated rings. The minimum atomic E-state index is -1.33. The highest BCUT2D eigenvalue weighted by Gasteiger charge is 2.20. The summed E-state index contributed by atoms with van der Waals surface area (Å²) >= 11 is 0. The summed E-state index contributed by atoms with van der Waals surface area (Å²) in [5.74, 6) is -0.285. The zero-order valence-corrected chi connectivity index (χ0v) is 5.14. The maximum Gasteiger partial charge on any atom is 0.164 e. The molecule has 0 amide bonds. The van der Waals surface area contributed by atoms with Crippen LogP contribution in [0.25, 0.3) is 0 Å².